The summed E-state index contributed by atoms with van der Waals surface area (Å²) < 4.78 is 12.7. The molecule has 0 saturated carbocycles. The molecule has 0 saturated heterocycles. The number of benzene rings is 8. The summed E-state index contributed by atoms with van der Waals surface area (Å²) in [5.74, 6) is -0.439. The Labute approximate surface area is 449 Å². The zero-order chi connectivity index (χ0) is 49.6. The number of thiophene rings is 2. The number of thioether (sulfide) groups is 4. The Hall–Kier alpha value is -7.04. The third-order valence-electron chi connectivity index (χ3n) is 13.7. The fourth-order valence-corrected chi connectivity index (χ4v) is 18.7. The van der Waals surface area contributed by atoms with E-state index in [0.29, 0.717) is 44.5 Å². The zero-order valence-electron chi connectivity index (χ0n) is 38.7. The SMILES string of the molecule is O=C1c2cccc3cccc(c23)C(=O)N1COc1ccc(-c2csc(C3Sc4ccccc4S3)c2-c2c(-c3ccc(OCN4C(=O)c5cccc6cccc(c56)C4=O)cc3)csc2C2Sc3ccccc3S2)cc1. The highest BCUT2D eigenvalue weighted by molar-refractivity contribution is 8.19. The van der Waals surface area contributed by atoms with Gasteiger partial charge in [-0.15, -0.1) is 69.7 Å². The van der Waals surface area contributed by atoms with Crippen molar-refractivity contribution in [1.29, 1.82) is 0 Å². The Morgan fingerprint density at radius 2 is 0.689 bits per heavy atom. The van der Waals surface area contributed by atoms with Crippen molar-refractivity contribution in [2.75, 3.05) is 13.5 Å². The zero-order valence-corrected chi connectivity index (χ0v) is 43.6. The van der Waals surface area contributed by atoms with Crippen LogP contribution in [0.4, 0.5) is 0 Å². The molecule has 0 radical (unpaired) electrons. The molecule has 4 aliphatic heterocycles. The number of hydrogen-bond donors (Lipinski definition) is 0. The lowest BCUT2D eigenvalue weighted by Crippen LogP contribution is -2.42. The molecule has 0 N–H and O–H groups in total. The second kappa shape index (κ2) is 18.4. The molecule has 0 atom stereocenters. The van der Waals surface area contributed by atoms with Crippen molar-refractivity contribution in [1.82, 2.24) is 9.80 Å². The van der Waals surface area contributed by atoms with E-state index in [-0.39, 0.29) is 46.3 Å². The number of amides is 4. The largest absolute Gasteiger partial charge is 0.473 e. The Bertz CT molecular complexity index is 3590. The summed E-state index contributed by atoms with van der Waals surface area (Å²) in [5.41, 5.74) is 8.52. The quantitative estimate of drug-likeness (QED) is 0.117. The molecule has 10 aromatic rings. The molecule has 0 spiro atoms. The van der Waals surface area contributed by atoms with Gasteiger partial charge < -0.3 is 9.47 Å². The lowest BCUT2D eigenvalue weighted by Gasteiger charge is -2.27. The van der Waals surface area contributed by atoms with Crippen molar-refractivity contribution in [2.45, 2.75) is 28.7 Å². The van der Waals surface area contributed by atoms with Crippen LogP contribution in [0.2, 0.25) is 0 Å². The van der Waals surface area contributed by atoms with Gasteiger partial charge in [0.1, 0.15) is 11.5 Å². The lowest BCUT2D eigenvalue weighted by molar-refractivity contribution is 0.0461. The van der Waals surface area contributed by atoms with E-state index in [2.05, 4.69) is 83.6 Å². The van der Waals surface area contributed by atoms with Gasteiger partial charge >= 0.3 is 0 Å². The maximum atomic E-state index is 13.7. The normalized spacial score (nSPS) is 15.1. The summed E-state index contributed by atoms with van der Waals surface area (Å²) in [4.78, 5) is 64.8. The number of fused-ring (bicyclic) bond motifs is 2. The number of ether oxygens (including phenoxy) is 2. The molecule has 4 amide bonds. The van der Waals surface area contributed by atoms with Gasteiger partial charge in [0.15, 0.2) is 13.5 Å². The van der Waals surface area contributed by atoms with Crippen molar-refractivity contribution >= 4 is 115 Å². The van der Waals surface area contributed by atoms with Gasteiger partial charge in [-0.05, 0) is 105 Å². The third-order valence-corrected chi connectivity index (χ3v) is 22.1. The predicted molar refractivity (Wildman–Crippen MR) is 300 cm³/mol. The molecule has 0 aliphatic carbocycles. The molecule has 0 fully saturated rings. The molecule has 74 heavy (non-hydrogen) atoms. The third kappa shape index (κ3) is 7.60. The molecule has 8 aromatic carbocycles. The van der Waals surface area contributed by atoms with Crippen molar-refractivity contribution in [3.63, 3.8) is 0 Å². The standard InChI is InChI=1S/C60H36N2O6S6/c63-55-39-13-5-9-35-10-6-14-40(49(35)39)56(64)61(55)31-67-37-25-21-33(22-26-37)43-29-69-53(59-71-45-17-1-2-18-46(45)72-59)51(43)52-44(30-70-54(52)60-73-47-19-3-4-20-48(47)74-60)34-23-27-38(28-24-34)68-32-62-57(65)41-15-7-11-36-12-8-16-42(50(36)41)58(62)66/h1-30,59-60H,31-32H2. The molecular formula is C60H36N2O6S6. The van der Waals surface area contributed by atoms with Crippen molar-refractivity contribution < 1.29 is 28.7 Å². The summed E-state index contributed by atoms with van der Waals surface area (Å²) in [7, 11) is 0. The summed E-state index contributed by atoms with van der Waals surface area (Å²) in [6.45, 7) is -0.451. The number of imide groups is 2. The molecule has 6 heterocycles. The Morgan fingerprint density at radius 3 is 1.01 bits per heavy atom. The maximum Gasteiger partial charge on any atom is 0.264 e. The van der Waals surface area contributed by atoms with Crippen molar-refractivity contribution in [3.8, 4) is 44.9 Å². The second-order valence-corrected chi connectivity index (χ2v) is 24.9. The van der Waals surface area contributed by atoms with E-state index in [1.165, 1.54) is 50.3 Å². The lowest BCUT2D eigenvalue weighted by atomic mass is 9.92. The van der Waals surface area contributed by atoms with E-state index in [0.717, 1.165) is 33.0 Å². The highest BCUT2D eigenvalue weighted by Crippen LogP contribution is 2.65. The van der Waals surface area contributed by atoms with Crippen LogP contribution in [0.3, 0.4) is 0 Å². The Balaban J connectivity index is 0.808. The minimum Gasteiger partial charge on any atom is -0.473 e. The highest BCUT2D eigenvalue weighted by atomic mass is 32.2. The molecule has 4 aliphatic rings. The Morgan fingerprint density at radius 1 is 0.365 bits per heavy atom. The summed E-state index contributed by atoms with van der Waals surface area (Å²) in [6.07, 6.45) is 0. The van der Waals surface area contributed by atoms with Crippen LogP contribution < -0.4 is 9.47 Å². The first-order valence-electron chi connectivity index (χ1n) is 23.6. The van der Waals surface area contributed by atoms with Crippen LogP contribution >= 0.6 is 69.7 Å². The molecule has 0 bridgehead atoms. The molecule has 14 rings (SSSR count). The van der Waals surface area contributed by atoms with E-state index in [9.17, 15) is 19.2 Å². The van der Waals surface area contributed by atoms with Crippen LogP contribution in [0, 0.1) is 0 Å². The van der Waals surface area contributed by atoms with Crippen LogP contribution in [0.15, 0.2) is 200 Å². The minimum absolute atomic E-state index is 0.107. The first-order chi connectivity index (χ1) is 36.3. The monoisotopic (exact) mass is 1070 g/mol. The van der Waals surface area contributed by atoms with Crippen LogP contribution in [0.25, 0.3) is 54.9 Å². The number of rotatable bonds is 11. The van der Waals surface area contributed by atoms with Crippen LogP contribution in [-0.2, 0) is 0 Å². The van der Waals surface area contributed by atoms with Crippen molar-refractivity contribution in [2.24, 2.45) is 0 Å². The smallest absolute Gasteiger partial charge is 0.264 e. The van der Waals surface area contributed by atoms with E-state index in [1.807, 2.05) is 120 Å². The van der Waals surface area contributed by atoms with Gasteiger partial charge in [0.05, 0.1) is 9.16 Å². The predicted octanol–water partition coefficient (Wildman–Crippen LogP) is 16.2. The molecule has 14 heteroatoms. The molecule has 0 unspecified atom stereocenters. The first-order valence-corrected chi connectivity index (χ1v) is 28.9. The van der Waals surface area contributed by atoms with E-state index in [1.54, 1.807) is 46.9 Å². The second-order valence-electron chi connectivity index (χ2n) is 17.9. The summed E-state index contributed by atoms with van der Waals surface area (Å²) >= 11 is 11.1. The van der Waals surface area contributed by atoms with Gasteiger partial charge in [-0.2, -0.15) is 0 Å². The van der Waals surface area contributed by atoms with Gasteiger partial charge in [0, 0.05) is 84.6 Å². The average Bonchev–Trinajstić information content (AvgIpc) is 4.28. The van der Waals surface area contributed by atoms with E-state index < -0.39 is 0 Å². The first kappa shape index (κ1) is 45.6. The van der Waals surface area contributed by atoms with Crippen molar-refractivity contribution in [3.05, 3.63) is 213 Å². The fraction of sp³-hybridized carbons (Fsp3) is 0.0667. The average molecular weight is 1070 g/mol. The topological polar surface area (TPSA) is 93.2 Å². The summed E-state index contributed by atoms with van der Waals surface area (Å²) in [6, 6.07) is 55.2. The van der Waals surface area contributed by atoms with Gasteiger partial charge in [0.2, 0.25) is 0 Å². The molecule has 358 valence electrons. The molecular weight excluding hydrogens is 1040 g/mol. The van der Waals surface area contributed by atoms with Gasteiger partial charge in [-0.3, -0.25) is 19.2 Å². The van der Waals surface area contributed by atoms with E-state index in [4.69, 9.17) is 9.47 Å². The van der Waals surface area contributed by atoms with Crippen LogP contribution in [0.1, 0.15) is 60.4 Å². The van der Waals surface area contributed by atoms with Gasteiger partial charge in [-0.25, -0.2) is 9.80 Å². The molecule has 8 nitrogen and oxygen atoms in total. The Kier molecular flexibility index (Phi) is 11.3. The highest BCUT2D eigenvalue weighted by Gasteiger charge is 2.37. The fourth-order valence-electron chi connectivity index (χ4n) is 10.2. The van der Waals surface area contributed by atoms with E-state index >= 15 is 0 Å². The summed E-state index contributed by atoms with van der Waals surface area (Å²) in [5, 5.41) is 7.63. The van der Waals surface area contributed by atoms with Crippen LogP contribution in [0.5, 0.6) is 11.5 Å². The molecule has 2 aromatic heterocycles. The number of nitrogens with zero attached hydrogens (tertiary/aromatic N) is 2. The van der Waals surface area contributed by atoms with Gasteiger partial charge in [-0.1, -0.05) is 97.1 Å². The van der Waals surface area contributed by atoms with Gasteiger partial charge in [0.25, 0.3) is 23.6 Å². The number of carbonyl (C=O) groups is 4. The minimum atomic E-state index is -0.377. The number of hydrogen-bond acceptors (Lipinski definition) is 12. The van der Waals surface area contributed by atoms with Crippen LogP contribution in [-0.4, -0.2) is 46.9 Å². The number of carbonyl (C=O) groups excluding carboxylic acids is 4. The maximum absolute atomic E-state index is 13.7.